The van der Waals surface area contributed by atoms with Crippen molar-refractivity contribution in [2.75, 3.05) is 5.32 Å². The molecule has 0 bridgehead atoms. The van der Waals surface area contributed by atoms with Crippen LogP contribution in [0.2, 0.25) is 0 Å². The number of aromatic nitrogens is 2. The number of nitrogens with one attached hydrogen (secondary N) is 2. The van der Waals surface area contributed by atoms with Crippen LogP contribution >= 0.6 is 0 Å². The zero-order valence-corrected chi connectivity index (χ0v) is 11.1. The molecule has 1 fully saturated rings. The molecule has 1 aliphatic rings. The molecule has 1 amide bonds. The van der Waals surface area contributed by atoms with Crippen molar-refractivity contribution in [2.45, 2.75) is 39.0 Å². The number of aromatic amines is 1. The van der Waals surface area contributed by atoms with E-state index in [4.69, 9.17) is 5.11 Å². The van der Waals surface area contributed by atoms with Gasteiger partial charge in [0.15, 0.2) is 5.82 Å². The number of hydrogen-bond acceptors (Lipinski definition) is 3. The molecular formula is C13H19N3O3. The fourth-order valence-electron chi connectivity index (χ4n) is 2.37. The average Bonchev–Trinajstić information content (AvgIpc) is 2.96. The maximum absolute atomic E-state index is 12.0. The third-order valence-corrected chi connectivity index (χ3v) is 3.62. The molecule has 6 nitrogen and oxygen atoms in total. The van der Waals surface area contributed by atoms with Gasteiger partial charge in [-0.15, -0.1) is 0 Å². The normalized spacial score (nSPS) is 22.7. The maximum Gasteiger partial charge on any atom is 0.306 e. The van der Waals surface area contributed by atoms with Crippen LogP contribution in [0.1, 0.15) is 44.7 Å². The summed E-state index contributed by atoms with van der Waals surface area (Å²) in [4.78, 5) is 22.9. The molecular weight excluding hydrogens is 246 g/mol. The molecule has 3 N–H and O–H groups in total. The van der Waals surface area contributed by atoms with Crippen LogP contribution < -0.4 is 5.32 Å². The first-order valence-electron chi connectivity index (χ1n) is 6.56. The van der Waals surface area contributed by atoms with Crippen molar-refractivity contribution >= 4 is 17.7 Å². The van der Waals surface area contributed by atoms with Gasteiger partial charge in [0.05, 0.1) is 5.92 Å². The Kier molecular flexibility index (Phi) is 3.87. The standard InChI is InChI=1S/C13H19N3O3/c1-7(2)10-6-11(16-15-10)14-12(17)8-3-4-9(5-8)13(18)19/h6-9H,3-5H2,1-2H3,(H,18,19)(H2,14,15,16,17). The summed E-state index contributed by atoms with van der Waals surface area (Å²) in [7, 11) is 0. The monoisotopic (exact) mass is 265 g/mol. The number of carboxylic acid groups (broad SMARTS) is 1. The molecule has 0 aliphatic heterocycles. The molecule has 0 spiro atoms. The largest absolute Gasteiger partial charge is 0.481 e. The number of rotatable bonds is 4. The smallest absolute Gasteiger partial charge is 0.306 e. The lowest BCUT2D eigenvalue weighted by Gasteiger charge is -2.08. The van der Waals surface area contributed by atoms with E-state index in [0.29, 0.717) is 31.0 Å². The Labute approximate surface area is 111 Å². The number of anilines is 1. The lowest BCUT2D eigenvalue weighted by Crippen LogP contribution is -2.21. The third-order valence-electron chi connectivity index (χ3n) is 3.62. The first kappa shape index (κ1) is 13.6. The summed E-state index contributed by atoms with van der Waals surface area (Å²) in [5.41, 5.74) is 0.963. The van der Waals surface area contributed by atoms with E-state index in [1.165, 1.54) is 0 Å². The molecule has 1 saturated carbocycles. The van der Waals surface area contributed by atoms with Crippen molar-refractivity contribution < 1.29 is 14.7 Å². The summed E-state index contributed by atoms with van der Waals surface area (Å²) >= 11 is 0. The van der Waals surface area contributed by atoms with Crippen LogP contribution in [0.15, 0.2) is 6.07 Å². The fourth-order valence-corrected chi connectivity index (χ4v) is 2.37. The quantitative estimate of drug-likeness (QED) is 0.775. The Hall–Kier alpha value is -1.85. The Bertz CT molecular complexity index is 481. The highest BCUT2D eigenvalue weighted by atomic mass is 16.4. The van der Waals surface area contributed by atoms with Gasteiger partial charge in [0.1, 0.15) is 0 Å². The van der Waals surface area contributed by atoms with Crippen LogP contribution in [0.25, 0.3) is 0 Å². The summed E-state index contributed by atoms with van der Waals surface area (Å²) in [6, 6.07) is 1.81. The number of carbonyl (C=O) groups excluding carboxylic acids is 1. The van der Waals surface area contributed by atoms with E-state index in [9.17, 15) is 9.59 Å². The Balaban J connectivity index is 1.92. The van der Waals surface area contributed by atoms with Crippen molar-refractivity contribution in [3.8, 4) is 0 Å². The summed E-state index contributed by atoms with van der Waals surface area (Å²) < 4.78 is 0. The molecule has 2 unspecified atom stereocenters. The fraction of sp³-hybridized carbons (Fsp3) is 0.615. The summed E-state index contributed by atoms with van der Waals surface area (Å²) in [6.45, 7) is 4.07. The van der Waals surface area contributed by atoms with Gasteiger partial charge in [-0.3, -0.25) is 14.7 Å². The summed E-state index contributed by atoms with van der Waals surface area (Å²) in [6.07, 6.45) is 1.62. The molecule has 1 heterocycles. The van der Waals surface area contributed by atoms with Gasteiger partial charge >= 0.3 is 5.97 Å². The predicted molar refractivity (Wildman–Crippen MR) is 69.8 cm³/mol. The highest BCUT2D eigenvalue weighted by Crippen LogP contribution is 2.31. The van der Waals surface area contributed by atoms with E-state index in [-0.39, 0.29) is 17.7 Å². The van der Waals surface area contributed by atoms with Crippen LogP contribution in [-0.4, -0.2) is 27.2 Å². The van der Waals surface area contributed by atoms with Crippen LogP contribution in [0, 0.1) is 11.8 Å². The van der Waals surface area contributed by atoms with Crippen LogP contribution in [-0.2, 0) is 9.59 Å². The lowest BCUT2D eigenvalue weighted by molar-refractivity contribution is -0.141. The molecule has 0 saturated heterocycles. The second kappa shape index (κ2) is 5.42. The minimum absolute atomic E-state index is 0.134. The second-order valence-electron chi connectivity index (χ2n) is 5.40. The second-order valence-corrected chi connectivity index (χ2v) is 5.40. The van der Waals surface area contributed by atoms with Crippen LogP contribution in [0.5, 0.6) is 0 Å². The minimum atomic E-state index is -0.808. The molecule has 0 aromatic carbocycles. The Morgan fingerprint density at radius 2 is 2.11 bits per heavy atom. The number of hydrogen-bond donors (Lipinski definition) is 3. The zero-order chi connectivity index (χ0) is 14.0. The molecule has 1 aliphatic carbocycles. The summed E-state index contributed by atoms with van der Waals surface area (Å²) in [5, 5.41) is 18.6. The first-order valence-corrected chi connectivity index (χ1v) is 6.56. The molecule has 2 rings (SSSR count). The molecule has 19 heavy (non-hydrogen) atoms. The molecule has 2 atom stereocenters. The number of carbonyl (C=O) groups is 2. The van der Waals surface area contributed by atoms with Crippen molar-refractivity contribution in [3.63, 3.8) is 0 Å². The van der Waals surface area contributed by atoms with Gasteiger partial charge < -0.3 is 10.4 Å². The number of nitrogens with zero attached hydrogens (tertiary/aromatic N) is 1. The van der Waals surface area contributed by atoms with Crippen molar-refractivity contribution in [1.29, 1.82) is 0 Å². The van der Waals surface area contributed by atoms with E-state index in [2.05, 4.69) is 15.5 Å². The highest BCUT2D eigenvalue weighted by Gasteiger charge is 2.34. The molecule has 104 valence electrons. The number of aliphatic carboxylic acids is 1. The Morgan fingerprint density at radius 1 is 1.42 bits per heavy atom. The topological polar surface area (TPSA) is 95.1 Å². The Morgan fingerprint density at radius 3 is 2.63 bits per heavy atom. The van der Waals surface area contributed by atoms with E-state index in [1.54, 1.807) is 0 Å². The predicted octanol–water partition coefficient (Wildman–Crippen LogP) is 1.97. The van der Waals surface area contributed by atoms with E-state index in [0.717, 1.165) is 5.69 Å². The van der Waals surface area contributed by atoms with Crippen molar-refractivity contribution in [3.05, 3.63) is 11.8 Å². The molecule has 0 radical (unpaired) electrons. The molecule has 1 aromatic rings. The van der Waals surface area contributed by atoms with Crippen LogP contribution in [0.3, 0.4) is 0 Å². The van der Waals surface area contributed by atoms with E-state index >= 15 is 0 Å². The number of amides is 1. The number of H-pyrrole nitrogens is 1. The van der Waals surface area contributed by atoms with Gasteiger partial charge in [0.2, 0.25) is 5.91 Å². The maximum atomic E-state index is 12.0. The van der Waals surface area contributed by atoms with Crippen LogP contribution in [0.4, 0.5) is 5.82 Å². The third kappa shape index (κ3) is 3.13. The lowest BCUT2D eigenvalue weighted by atomic mass is 10.0. The van der Waals surface area contributed by atoms with Gasteiger partial charge in [0, 0.05) is 17.7 Å². The van der Waals surface area contributed by atoms with E-state index < -0.39 is 5.97 Å². The zero-order valence-electron chi connectivity index (χ0n) is 11.1. The van der Waals surface area contributed by atoms with Gasteiger partial charge in [-0.1, -0.05) is 13.8 Å². The van der Waals surface area contributed by atoms with E-state index in [1.807, 2.05) is 19.9 Å². The van der Waals surface area contributed by atoms with Gasteiger partial charge in [-0.25, -0.2) is 0 Å². The molecule has 1 aromatic heterocycles. The van der Waals surface area contributed by atoms with Crippen molar-refractivity contribution in [1.82, 2.24) is 10.2 Å². The molecule has 6 heteroatoms. The number of carboxylic acids is 1. The van der Waals surface area contributed by atoms with Gasteiger partial charge in [-0.2, -0.15) is 5.10 Å². The average molecular weight is 265 g/mol. The highest BCUT2D eigenvalue weighted by molar-refractivity contribution is 5.92. The first-order chi connectivity index (χ1) is 8.97. The SMILES string of the molecule is CC(C)c1cc(NC(=O)C2CCC(C(=O)O)C2)n[nH]1. The van der Waals surface area contributed by atoms with Crippen molar-refractivity contribution in [2.24, 2.45) is 11.8 Å². The summed E-state index contributed by atoms with van der Waals surface area (Å²) in [5.74, 6) is -0.724. The van der Waals surface area contributed by atoms with Gasteiger partial charge in [-0.05, 0) is 25.2 Å². The van der Waals surface area contributed by atoms with Gasteiger partial charge in [0.25, 0.3) is 0 Å². The minimum Gasteiger partial charge on any atom is -0.481 e.